The van der Waals surface area contributed by atoms with E-state index >= 15 is 0 Å². The average Bonchev–Trinajstić information content (AvgIpc) is 3.08. The van der Waals surface area contributed by atoms with Gasteiger partial charge >= 0.3 is 0 Å². The quantitative estimate of drug-likeness (QED) is 0.880. The van der Waals surface area contributed by atoms with E-state index in [1.165, 1.54) is 12.1 Å². The molecule has 0 radical (unpaired) electrons. The maximum absolute atomic E-state index is 13.0. The summed E-state index contributed by atoms with van der Waals surface area (Å²) in [6.45, 7) is 1.64. The lowest BCUT2D eigenvalue weighted by molar-refractivity contribution is -0.122. The highest BCUT2D eigenvalue weighted by atomic mass is 35.5. The molecule has 1 aromatic carbocycles. The van der Waals surface area contributed by atoms with Gasteiger partial charge in [-0.2, -0.15) is 0 Å². The van der Waals surface area contributed by atoms with Gasteiger partial charge in [0.15, 0.2) is 4.75 Å². The number of nitrogens with one attached hydrogen (secondary N) is 1. The molecule has 1 amide bonds. The molecule has 1 aliphatic rings. The van der Waals surface area contributed by atoms with Crippen LogP contribution in [-0.4, -0.2) is 19.1 Å². The fraction of sp³-hybridized carbons (Fsp3) is 0.417. The Bertz CT molecular complexity index is 659. The Balaban J connectivity index is 2.17. The van der Waals surface area contributed by atoms with Gasteiger partial charge in [-0.05, 0) is 37.5 Å². The van der Waals surface area contributed by atoms with Crippen LogP contribution in [-0.2, 0) is 14.8 Å². The van der Waals surface area contributed by atoms with Crippen molar-refractivity contribution in [3.05, 3.63) is 34.6 Å². The van der Waals surface area contributed by atoms with E-state index in [0.29, 0.717) is 5.56 Å². The van der Waals surface area contributed by atoms with E-state index in [9.17, 15) is 17.6 Å². The summed E-state index contributed by atoms with van der Waals surface area (Å²) in [6, 6.07) is 3.25. The summed E-state index contributed by atoms with van der Waals surface area (Å²) in [5.41, 5.74) is 0.506. The zero-order valence-electron chi connectivity index (χ0n) is 10.7. The van der Waals surface area contributed by atoms with Crippen LogP contribution in [0.5, 0.6) is 0 Å². The van der Waals surface area contributed by atoms with Gasteiger partial charge < -0.3 is 5.32 Å². The fourth-order valence-corrected chi connectivity index (χ4v) is 3.33. The highest BCUT2D eigenvalue weighted by Crippen LogP contribution is 2.42. The Morgan fingerprint density at radius 1 is 1.50 bits per heavy atom. The predicted molar refractivity (Wildman–Crippen MR) is 73.0 cm³/mol. The van der Waals surface area contributed by atoms with Crippen molar-refractivity contribution in [3.8, 4) is 0 Å². The standard InChI is InChI=1S/C12H14ClFN2O3S/c1-7(9-3-2-8(14)6-10(9)13)16-11(17)12(4-5-12)20(15,18)19/h2-3,6-7H,4-5H2,1H3,(H,16,17)(H2,15,18,19)/t7-/m1/s1. The van der Waals surface area contributed by atoms with Crippen LogP contribution in [0, 0.1) is 5.82 Å². The highest BCUT2D eigenvalue weighted by Gasteiger charge is 2.59. The molecule has 0 aliphatic heterocycles. The first-order valence-electron chi connectivity index (χ1n) is 5.96. The van der Waals surface area contributed by atoms with Crippen molar-refractivity contribution >= 4 is 27.5 Å². The van der Waals surface area contributed by atoms with Crippen LogP contribution in [0.25, 0.3) is 0 Å². The maximum Gasteiger partial charge on any atom is 0.243 e. The molecule has 1 atom stereocenters. The molecule has 1 fully saturated rings. The molecule has 1 aliphatic carbocycles. The van der Waals surface area contributed by atoms with E-state index in [0.717, 1.165) is 6.07 Å². The van der Waals surface area contributed by atoms with Crippen molar-refractivity contribution < 1.29 is 17.6 Å². The lowest BCUT2D eigenvalue weighted by Gasteiger charge is -2.19. The number of benzene rings is 1. The topological polar surface area (TPSA) is 89.3 Å². The third kappa shape index (κ3) is 2.65. The molecule has 110 valence electrons. The van der Waals surface area contributed by atoms with Gasteiger partial charge in [0.25, 0.3) is 0 Å². The van der Waals surface area contributed by atoms with Crippen LogP contribution in [0.3, 0.4) is 0 Å². The van der Waals surface area contributed by atoms with E-state index in [4.69, 9.17) is 16.7 Å². The van der Waals surface area contributed by atoms with Gasteiger partial charge in [-0.1, -0.05) is 17.7 Å². The maximum atomic E-state index is 13.0. The molecule has 0 bridgehead atoms. The normalized spacial score (nSPS) is 18.4. The first-order valence-corrected chi connectivity index (χ1v) is 7.88. The molecule has 1 aromatic rings. The van der Waals surface area contributed by atoms with Gasteiger partial charge in [0.05, 0.1) is 6.04 Å². The Labute approximate surface area is 121 Å². The van der Waals surface area contributed by atoms with Crippen LogP contribution < -0.4 is 10.5 Å². The zero-order chi connectivity index (χ0) is 15.1. The number of hydrogen-bond donors (Lipinski definition) is 2. The molecule has 5 nitrogen and oxygen atoms in total. The van der Waals surface area contributed by atoms with E-state index < -0.39 is 32.5 Å². The molecule has 2 rings (SSSR count). The minimum absolute atomic E-state index is 0.165. The summed E-state index contributed by atoms with van der Waals surface area (Å²) in [6.07, 6.45) is 0.420. The lowest BCUT2D eigenvalue weighted by atomic mass is 10.1. The van der Waals surface area contributed by atoms with E-state index in [2.05, 4.69) is 5.32 Å². The Hall–Kier alpha value is -1.18. The van der Waals surface area contributed by atoms with Crippen molar-refractivity contribution in [2.24, 2.45) is 5.14 Å². The van der Waals surface area contributed by atoms with Crippen LogP contribution in [0.4, 0.5) is 4.39 Å². The molecule has 20 heavy (non-hydrogen) atoms. The number of carbonyl (C=O) groups is 1. The average molecular weight is 321 g/mol. The number of sulfonamides is 1. The summed E-state index contributed by atoms with van der Waals surface area (Å²) in [5.74, 6) is -1.13. The summed E-state index contributed by atoms with van der Waals surface area (Å²) in [5, 5.41) is 7.80. The molecule has 3 N–H and O–H groups in total. The zero-order valence-corrected chi connectivity index (χ0v) is 12.3. The van der Waals surface area contributed by atoms with Crippen LogP contribution in [0.1, 0.15) is 31.4 Å². The van der Waals surface area contributed by atoms with Crippen molar-refractivity contribution in [3.63, 3.8) is 0 Å². The van der Waals surface area contributed by atoms with Crippen molar-refractivity contribution in [1.29, 1.82) is 0 Å². The van der Waals surface area contributed by atoms with Crippen molar-refractivity contribution in [2.75, 3.05) is 0 Å². The second kappa shape index (κ2) is 4.98. The third-order valence-electron chi connectivity index (χ3n) is 3.44. The van der Waals surface area contributed by atoms with Crippen LogP contribution >= 0.6 is 11.6 Å². The number of rotatable bonds is 4. The summed E-state index contributed by atoms with van der Waals surface area (Å²) in [4.78, 5) is 12.0. The van der Waals surface area contributed by atoms with Gasteiger partial charge in [0.2, 0.25) is 15.9 Å². The molecular formula is C12H14ClFN2O3S. The number of carbonyl (C=O) groups excluding carboxylic acids is 1. The predicted octanol–water partition coefficient (Wildman–Crippen LogP) is 1.48. The number of amides is 1. The largest absolute Gasteiger partial charge is 0.348 e. The molecule has 8 heteroatoms. The lowest BCUT2D eigenvalue weighted by Crippen LogP contribution is -2.45. The number of hydrogen-bond acceptors (Lipinski definition) is 3. The van der Waals surface area contributed by atoms with E-state index in [1.807, 2.05) is 0 Å². The summed E-state index contributed by atoms with van der Waals surface area (Å²) >= 11 is 5.89. The number of primary sulfonamides is 1. The van der Waals surface area contributed by atoms with Crippen LogP contribution in [0.15, 0.2) is 18.2 Å². The molecule has 1 saturated carbocycles. The first-order chi connectivity index (χ1) is 9.17. The Kier molecular flexibility index (Phi) is 3.79. The van der Waals surface area contributed by atoms with Gasteiger partial charge in [0, 0.05) is 5.02 Å². The van der Waals surface area contributed by atoms with Gasteiger partial charge in [-0.25, -0.2) is 17.9 Å². The van der Waals surface area contributed by atoms with Gasteiger partial charge in [-0.15, -0.1) is 0 Å². The molecular weight excluding hydrogens is 307 g/mol. The molecule has 0 saturated heterocycles. The molecule has 0 spiro atoms. The van der Waals surface area contributed by atoms with Crippen molar-refractivity contribution in [2.45, 2.75) is 30.6 Å². The van der Waals surface area contributed by atoms with Crippen molar-refractivity contribution in [1.82, 2.24) is 5.32 Å². The molecule has 0 unspecified atom stereocenters. The summed E-state index contributed by atoms with van der Waals surface area (Å²) in [7, 11) is -3.94. The Morgan fingerprint density at radius 2 is 2.10 bits per heavy atom. The van der Waals surface area contributed by atoms with Gasteiger partial charge in [0.1, 0.15) is 5.82 Å². The van der Waals surface area contributed by atoms with E-state index in [1.54, 1.807) is 6.92 Å². The second-order valence-electron chi connectivity index (χ2n) is 4.90. The van der Waals surface area contributed by atoms with E-state index in [-0.39, 0.29) is 17.9 Å². The first kappa shape index (κ1) is 15.2. The minimum atomic E-state index is -3.94. The molecule has 0 aromatic heterocycles. The number of nitrogens with two attached hydrogens (primary N) is 1. The third-order valence-corrected chi connectivity index (χ3v) is 5.45. The van der Waals surface area contributed by atoms with Gasteiger partial charge in [-0.3, -0.25) is 4.79 Å². The summed E-state index contributed by atoms with van der Waals surface area (Å²) < 4.78 is 34.3. The van der Waals surface area contributed by atoms with Crippen LogP contribution in [0.2, 0.25) is 5.02 Å². The fourth-order valence-electron chi connectivity index (χ4n) is 2.01. The Morgan fingerprint density at radius 3 is 2.55 bits per heavy atom. The minimum Gasteiger partial charge on any atom is -0.348 e. The monoisotopic (exact) mass is 320 g/mol. The molecule has 0 heterocycles. The number of halogens is 2. The second-order valence-corrected chi connectivity index (χ2v) is 7.18. The smallest absolute Gasteiger partial charge is 0.243 e. The SMILES string of the molecule is C[C@@H](NC(=O)C1(S(N)(=O)=O)CC1)c1ccc(F)cc1Cl. The highest BCUT2D eigenvalue weighted by molar-refractivity contribution is 7.91.